The van der Waals surface area contributed by atoms with Crippen LogP contribution in [-0.4, -0.2) is 78.5 Å². The Bertz CT molecular complexity index is 1890. The number of anilines is 2. The third-order valence-electron chi connectivity index (χ3n) is 17.1. The van der Waals surface area contributed by atoms with Gasteiger partial charge in [0.05, 0.1) is 42.4 Å². The van der Waals surface area contributed by atoms with Crippen molar-refractivity contribution in [2.75, 3.05) is 37.0 Å². The standard InChI is InChI=1S/C40H44N4O3/c1-3-36-19-22-25-18-30(44-28-11-7-5-9-24(28)38(31(22)44)14-16-42(34(36)38)21-29-32(36)47-29)43-17-15-39-23-8-4-6-10-27(23)41-40(39)13-12-37(25,35(39)43)20-26(40)33(45)46-2/h4-11,25-26,29-30,32,34-35,41H,3,12-21H2,1-2H3/t25-,26-,29-,30+,32-,34-,35-,36+,37?,38-,39+,40?/m0/s1. The first-order chi connectivity index (χ1) is 23.0. The number of hydrogen-bond donors (Lipinski definition) is 1. The molecule has 4 bridgehead atoms. The quantitative estimate of drug-likeness (QED) is 0.364. The summed E-state index contributed by atoms with van der Waals surface area (Å²) in [6.07, 6.45) is 10.2. The van der Waals surface area contributed by atoms with Crippen LogP contribution in [0.1, 0.15) is 69.4 Å². The maximum absolute atomic E-state index is 14.1. The van der Waals surface area contributed by atoms with E-state index < -0.39 is 0 Å². The molecule has 7 heteroatoms. The van der Waals surface area contributed by atoms with E-state index in [0.717, 1.165) is 38.8 Å². The molecule has 0 amide bonds. The van der Waals surface area contributed by atoms with E-state index in [4.69, 9.17) is 9.47 Å². The van der Waals surface area contributed by atoms with Crippen LogP contribution >= 0.6 is 0 Å². The number of piperidine rings is 2. The number of hydrogen-bond acceptors (Lipinski definition) is 7. The van der Waals surface area contributed by atoms with Crippen molar-refractivity contribution in [1.82, 2.24) is 9.80 Å². The monoisotopic (exact) mass is 628 g/mol. The van der Waals surface area contributed by atoms with Crippen LogP contribution in [0.2, 0.25) is 0 Å². The van der Waals surface area contributed by atoms with E-state index in [1.54, 1.807) is 23.9 Å². The molecule has 1 N–H and O–H groups in total. The smallest absolute Gasteiger partial charge is 0.311 e. The Hall–Kier alpha value is -2.87. The highest BCUT2D eigenvalue weighted by Crippen LogP contribution is 2.80. The minimum Gasteiger partial charge on any atom is -0.469 e. The number of nitrogens with one attached hydrogen (secondary N) is 1. The number of methoxy groups -OCH3 is 1. The van der Waals surface area contributed by atoms with Crippen LogP contribution in [0.4, 0.5) is 11.4 Å². The summed E-state index contributed by atoms with van der Waals surface area (Å²) >= 11 is 0. The van der Waals surface area contributed by atoms with Crippen molar-refractivity contribution in [2.45, 2.75) is 105 Å². The molecule has 5 saturated heterocycles. The van der Waals surface area contributed by atoms with Gasteiger partial charge in [-0.3, -0.25) is 14.6 Å². The highest BCUT2D eigenvalue weighted by Gasteiger charge is 2.84. The fourth-order valence-electron chi connectivity index (χ4n) is 16.1. The van der Waals surface area contributed by atoms with Crippen molar-refractivity contribution in [3.63, 3.8) is 0 Å². The van der Waals surface area contributed by atoms with Crippen molar-refractivity contribution >= 4 is 17.3 Å². The molecule has 8 heterocycles. The summed E-state index contributed by atoms with van der Waals surface area (Å²) in [4.78, 5) is 22.9. The van der Waals surface area contributed by atoms with Gasteiger partial charge < -0.3 is 19.7 Å². The van der Waals surface area contributed by atoms with Gasteiger partial charge in [-0.15, -0.1) is 0 Å². The third-order valence-corrected chi connectivity index (χ3v) is 17.1. The average molecular weight is 629 g/mol. The second kappa shape index (κ2) is 7.64. The minimum absolute atomic E-state index is 0.00397. The fraction of sp³-hybridized carbons (Fsp3) is 0.625. The number of ether oxygens (including phenoxy) is 2. The number of allylic oxidation sites excluding steroid dienone is 1. The highest BCUT2D eigenvalue weighted by atomic mass is 16.6. The molecule has 12 aliphatic rings. The van der Waals surface area contributed by atoms with E-state index >= 15 is 0 Å². The number of nitrogens with zero attached hydrogens (tertiary/aromatic N) is 3. The predicted molar refractivity (Wildman–Crippen MR) is 177 cm³/mol. The Labute approximate surface area is 276 Å². The largest absolute Gasteiger partial charge is 0.469 e. The molecular weight excluding hydrogens is 584 g/mol. The van der Waals surface area contributed by atoms with Crippen LogP contribution in [0, 0.1) is 22.7 Å². The molecule has 2 aromatic rings. The summed E-state index contributed by atoms with van der Waals surface area (Å²) in [7, 11) is 1.62. The second-order valence-corrected chi connectivity index (χ2v) is 17.5. The van der Waals surface area contributed by atoms with Crippen LogP contribution in [-0.2, 0) is 25.1 Å². The zero-order chi connectivity index (χ0) is 30.9. The number of benzene rings is 2. The van der Waals surface area contributed by atoms with E-state index in [0.29, 0.717) is 36.4 Å². The molecule has 3 saturated carbocycles. The van der Waals surface area contributed by atoms with Gasteiger partial charge in [-0.25, -0.2) is 0 Å². The lowest BCUT2D eigenvalue weighted by Gasteiger charge is -2.74. The van der Waals surface area contributed by atoms with Gasteiger partial charge in [-0.1, -0.05) is 43.3 Å². The van der Waals surface area contributed by atoms with Crippen LogP contribution in [0.5, 0.6) is 0 Å². The normalized spacial score (nSPS) is 50.9. The topological polar surface area (TPSA) is 60.6 Å². The maximum atomic E-state index is 14.1. The maximum Gasteiger partial charge on any atom is 0.311 e. The summed E-state index contributed by atoms with van der Waals surface area (Å²) < 4.78 is 12.4. The molecule has 7 nitrogen and oxygen atoms in total. The van der Waals surface area contributed by atoms with Gasteiger partial charge in [-0.2, -0.15) is 0 Å². The molecule has 8 aliphatic heterocycles. The Morgan fingerprint density at radius 1 is 1.02 bits per heavy atom. The molecule has 4 aliphatic carbocycles. The summed E-state index contributed by atoms with van der Waals surface area (Å²) in [5.41, 5.74) is 9.14. The number of fused-ring (bicyclic) bond motifs is 12. The van der Waals surface area contributed by atoms with Gasteiger partial charge in [0, 0.05) is 53.1 Å². The van der Waals surface area contributed by atoms with Gasteiger partial charge in [0.2, 0.25) is 0 Å². The summed E-state index contributed by atoms with van der Waals surface area (Å²) in [6.45, 7) is 5.84. The number of esters is 1. The van der Waals surface area contributed by atoms with Crippen molar-refractivity contribution in [3.8, 4) is 0 Å². The fourth-order valence-corrected chi connectivity index (χ4v) is 16.1. The van der Waals surface area contributed by atoms with E-state index in [-0.39, 0.29) is 39.1 Å². The van der Waals surface area contributed by atoms with Gasteiger partial charge in [-0.05, 0) is 98.1 Å². The van der Waals surface area contributed by atoms with Crippen molar-refractivity contribution < 1.29 is 14.3 Å². The van der Waals surface area contributed by atoms with Gasteiger partial charge in [0.1, 0.15) is 0 Å². The number of rotatable bonds is 2. The average Bonchev–Trinajstić information content (AvgIpc) is 3.38. The summed E-state index contributed by atoms with van der Waals surface area (Å²) in [5, 5.41) is 4.13. The van der Waals surface area contributed by atoms with Crippen LogP contribution < -0.4 is 10.2 Å². The number of epoxide rings is 1. The van der Waals surface area contributed by atoms with Crippen molar-refractivity contribution in [1.29, 1.82) is 0 Å². The number of para-hydroxylation sites is 2. The number of carbonyl (C=O) groups excluding carboxylic acids is 1. The first-order valence-electron chi connectivity index (χ1n) is 18.7. The molecule has 2 unspecified atom stereocenters. The molecule has 0 radical (unpaired) electrons. The zero-order valence-corrected chi connectivity index (χ0v) is 27.5. The van der Waals surface area contributed by atoms with Crippen LogP contribution in [0.3, 0.4) is 0 Å². The zero-order valence-electron chi connectivity index (χ0n) is 27.5. The molecule has 242 valence electrons. The second-order valence-electron chi connectivity index (χ2n) is 17.5. The predicted octanol–water partition coefficient (Wildman–Crippen LogP) is 5.16. The van der Waals surface area contributed by atoms with Crippen LogP contribution in [0.15, 0.2) is 59.8 Å². The molecule has 8 fully saturated rings. The van der Waals surface area contributed by atoms with Crippen molar-refractivity contribution in [3.05, 3.63) is 70.9 Å². The van der Waals surface area contributed by atoms with E-state index in [2.05, 4.69) is 75.5 Å². The summed E-state index contributed by atoms with van der Waals surface area (Å²) in [5.74, 6) is 0.352. The molecule has 14 rings (SSSR count). The molecular formula is C40H44N4O3. The molecule has 47 heavy (non-hydrogen) atoms. The molecule has 4 spiro atoms. The minimum atomic E-state index is -0.287. The summed E-state index contributed by atoms with van der Waals surface area (Å²) in [6, 6.07) is 19.6. The Morgan fingerprint density at radius 2 is 1.87 bits per heavy atom. The Balaban J connectivity index is 1.11. The first-order valence-corrected chi connectivity index (χ1v) is 18.7. The molecule has 2 aromatic carbocycles. The van der Waals surface area contributed by atoms with Gasteiger partial charge in [0.15, 0.2) is 0 Å². The lowest BCUT2D eigenvalue weighted by Crippen LogP contribution is -2.81. The van der Waals surface area contributed by atoms with E-state index in [9.17, 15) is 4.79 Å². The van der Waals surface area contributed by atoms with Crippen molar-refractivity contribution in [2.24, 2.45) is 22.7 Å². The first kappa shape index (κ1) is 26.1. The van der Waals surface area contributed by atoms with E-state index in [1.165, 1.54) is 49.2 Å². The van der Waals surface area contributed by atoms with Crippen LogP contribution in [0.25, 0.3) is 0 Å². The Kier molecular flexibility index (Phi) is 4.23. The highest BCUT2D eigenvalue weighted by molar-refractivity contribution is 5.82. The number of carbonyl (C=O) groups is 1. The third kappa shape index (κ3) is 2.33. The lowest BCUT2D eigenvalue weighted by molar-refractivity contribution is -0.188. The molecule has 0 aromatic heterocycles. The SMILES string of the molecule is CC[C@@]12CC3=C4N(c5ccccc5[C@@]45CCN(C[C@@H]4O[C@@H]41)[C@@H]25)[C@@H]1C[C@@H]3C23CCC4(Nc5ccccc5[C@@]45CCN1[C@@H]25)[C@H](C(=O)OC)C3. The molecule has 12 atom stereocenters. The van der Waals surface area contributed by atoms with Gasteiger partial charge >= 0.3 is 5.97 Å². The Morgan fingerprint density at radius 3 is 2.74 bits per heavy atom. The van der Waals surface area contributed by atoms with Gasteiger partial charge in [0.25, 0.3) is 0 Å². The van der Waals surface area contributed by atoms with E-state index in [1.807, 2.05) is 0 Å². The lowest BCUT2D eigenvalue weighted by atomic mass is 9.35.